The maximum Gasteiger partial charge on any atom is 0.313 e. The number of nitrogens with zero attached hydrogens (tertiary/aromatic N) is 3. The summed E-state index contributed by atoms with van der Waals surface area (Å²) >= 11 is 0. The molecule has 1 aliphatic rings. The monoisotopic (exact) mass is 473 g/mol. The van der Waals surface area contributed by atoms with E-state index in [1.165, 1.54) is 6.07 Å². The maximum absolute atomic E-state index is 14.6. The average Bonchev–Trinajstić information content (AvgIpc) is 2.85. The van der Waals surface area contributed by atoms with Gasteiger partial charge in [-0.2, -0.15) is 0 Å². The van der Waals surface area contributed by atoms with Gasteiger partial charge in [0.1, 0.15) is 5.82 Å². The molecule has 1 atom stereocenters. The van der Waals surface area contributed by atoms with Crippen molar-refractivity contribution in [1.82, 2.24) is 9.80 Å². The van der Waals surface area contributed by atoms with Crippen LogP contribution in [0.25, 0.3) is 11.1 Å². The first-order valence-corrected chi connectivity index (χ1v) is 11.7. The predicted octanol–water partition coefficient (Wildman–Crippen LogP) is 3.75. The third-order valence-corrected chi connectivity index (χ3v) is 6.07. The molecule has 8 nitrogen and oxygen atoms in total. The van der Waals surface area contributed by atoms with E-state index in [-0.39, 0.29) is 18.4 Å². The zero-order chi connectivity index (χ0) is 24.3. The Morgan fingerprint density at radius 3 is 2.24 bits per heavy atom. The summed E-state index contributed by atoms with van der Waals surface area (Å²) in [7, 11) is 0. The molecule has 0 bridgehead atoms. The fourth-order valence-electron chi connectivity index (χ4n) is 4.04. The number of rotatable bonds is 12. The van der Waals surface area contributed by atoms with E-state index in [2.05, 4.69) is 14.6 Å². The average molecular weight is 474 g/mol. The van der Waals surface area contributed by atoms with Gasteiger partial charge >= 0.3 is 5.97 Å². The zero-order valence-electron chi connectivity index (χ0n) is 19.5. The predicted molar refractivity (Wildman–Crippen MR) is 126 cm³/mol. The van der Waals surface area contributed by atoms with E-state index in [1.807, 2.05) is 30.3 Å². The van der Waals surface area contributed by atoms with Crippen molar-refractivity contribution >= 4 is 5.97 Å². The molecule has 184 valence electrons. The topological polar surface area (TPSA) is 85.2 Å². The molecule has 1 unspecified atom stereocenters. The van der Waals surface area contributed by atoms with Gasteiger partial charge in [0.15, 0.2) is 0 Å². The molecule has 34 heavy (non-hydrogen) atoms. The van der Waals surface area contributed by atoms with Crippen LogP contribution in [0.1, 0.15) is 31.2 Å². The highest BCUT2D eigenvalue weighted by Gasteiger charge is 2.20. The van der Waals surface area contributed by atoms with Crippen molar-refractivity contribution in [2.24, 2.45) is 0 Å². The van der Waals surface area contributed by atoms with Crippen molar-refractivity contribution in [3.05, 3.63) is 70.0 Å². The van der Waals surface area contributed by atoms with Crippen molar-refractivity contribution in [2.45, 2.75) is 25.7 Å². The van der Waals surface area contributed by atoms with Crippen LogP contribution in [0.2, 0.25) is 0 Å². The quantitative estimate of drug-likeness (QED) is 0.201. The highest BCUT2D eigenvalue weighted by atomic mass is 19.1. The van der Waals surface area contributed by atoms with Crippen molar-refractivity contribution < 1.29 is 23.8 Å². The van der Waals surface area contributed by atoms with Crippen LogP contribution in [0.5, 0.6) is 0 Å². The van der Waals surface area contributed by atoms with E-state index in [9.17, 15) is 19.3 Å². The minimum absolute atomic E-state index is 0.126. The van der Waals surface area contributed by atoms with Gasteiger partial charge in [-0.1, -0.05) is 42.5 Å². The van der Waals surface area contributed by atoms with Crippen LogP contribution < -0.4 is 0 Å². The van der Waals surface area contributed by atoms with Crippen LogP contribution in [0, 0.1) is 15.9 Å². The molecule has 3 rings (SSSR count). The molecule has 1 fully saturated rings. The highest BCUT2D eigenvalue weighted by molar-refractivity contribution is 5.78. The lowest BCUT2D eigenvalue weighted by atomic mass is 9.97. The smallest absolute Gasteiger partial charge is 0.313 e. The molecule has 1 aliphatic heterocycles. The number of halogens is 1. The Morgan fingerprint density at radius 1 is 1.03 bits per heavy atom. The second-order valence-corrected chi connectivity index (χ2v) is 8.44. The number of carbonyl (C=O) groups excluding carboxylic acids is 1. The molecule has 0 radical (unpaired) electrons. The lowest BCUT2D eigenvalue weighted by molar-refractivity contribution is -0.757. The van der Waals surface area contributed by atoms with Gasteiger partial charge in [0.25, 0.3) is 5.09 Å². The molecule has 2 aromatic carbocycles. The molecular formula is C25H32FN3O5. The summed E-state index contributed by atoms with van der Waals surface area (Å²) in [6.07, 6.45) is 1.37. The fourth-order valence-corrected chi connectivity index (χ4v) is 4.04. The van der Waals surface area contributed by atoms with Crippen LogP contribution in [0.3, 0.4) is 0 Å². The fraction of sp³-hybridized carbons (Fsp3) is 0.480. The summed E-state index contributed by atoms with van der Waals surface area (Å²) in [4.78, 5) is 31.5. The SMILES string of the molecule is CC(C(=O)OCCCN1CCN(CCCO[N+](=O)[O-])CC1)c1ccc(-c2ccccc2)c(F)c1. The number of hydrogen-bond acceptors (Lipinski definition) is 7. The number of ether oxygens (including phenoxy) is 1. The minimum atomic E-state index is -0.759. The van der Waals surface area contributed by atoms with E-state index >= 15 is 0 Å². The largest absolute Gasteiger partial charge is 0.465 e. The van der Waals surface area contributed by atoms with E-state index in [1.54, 1.807) is 19.1 Å². The Balaban J connectivity index is 1.34. The molecule has 0 N–H and O–H groups in total. The lowest BCUT2D eigenvalue weighted by Gasteiger charge is -2.34. The van der Waals surface area contributed by atoms with Crippen LogP contribution in [0.15, 0.2) is 48.5 Å². The van der Waals surface area contributed by atoms with Gasteiger partial charge < -0.3 is 19.4 Å². The first-order valence-electron chi connectivity index (χ1n) is 11.7. The van der Waals surface area contributed by atoms with Crippen molar-refractivity contribution in [1.29, 1.82) is 0 Å². The van der Waals surface area contributed by atoms with Crippen molar-refractivity contribution in [2.75, 3.05) is 52.5 Å². The number of carbonyl (C=O) groups is 1. The van der Waals surface area contributed by atoms with E-state index in [4.69, 9.17) is 4.74 Å². The summed E-state index contributed by atoms with van der Waals surface area (Å²) in [5, 5.41) is 9.40. The van der Waals surface area contributed by atoms with Gasteiger partial charge in [-0.15, -0.1) is 10.1 Å². The van der Waals surface area contributed by atoms with Gasteiger partial charge in [0.2, 0.25) is 0 Å². The number of benzene rings is 2. The molecule has 0 aliphatic carbocycles. The standard InChI is InChI=1S/C25H32FN3O5/c1-20(22-9-10-23(24(26)19-22)21-7-3-2-4-8-21)25(30)33-17-5-11-27-13-15-28(16-14-27)12-6-18-34-29(31)32/h2-4,7-10,19-20H,5-6,11-18H2,1H3. The van der Waals surface area contributed by atoms with Gasteiger partial charge in [-0.05, 0) is 37.0 Å². The third kappa shape index (κ3) is 7.78. The van der Waals surface area contributed by atoms with Gasteiger partial charge in [-0.25, -0.2) is 4.39 Å². The lowest BCUT2D eigenvalue weighted by Crippen LogP contribution is -2.47. The normalized spacial score (nSPS) is 15.6. The van der Waals surface area contributed by atoms with Crippen LogP contribution >= 0.6 is 0 Å². The summed E-state index contributed by atoms with van der Waals surface area (Å²) in [6, 6.07) is 14.2. The molecule has 0 saturated carbocycles. The van der Waals surface area contributed by atoms with Crippen LogP contribution in [-0.2, 0) is 14.4 Å². The zero-order valence-corrected chi connectivity index (χ0v) is 19.5. The van der Waals surface area contributed by atoms with E-state index in [0.29, 0.717) is 24.2 Å². The second kappa shape index (κ2) is 13.0. The van der Waals surface area contributed by atoms with Crippen LogP contribution in [-0.4, -0.2) is 73.3 Å². The molecule has 0 spiro atoms. The Bertz CT molecular complexity index is 935. The summed E-state index contributed by atoms with van der Waals surface area (Å²) in [5.41, 5.74) is 1.91. The van der Waals surface area contributed by atoms with Crippen molar-refractivity contribution in [3.63, 3.8) is 0 Å². The molecule has 2 aromatic rings. The second-order valence-electron chi connectivity index (χ2n) is 8.44. The van der Waals surface area contributed by atoms with Gasteiger partial charge in [0, 0.05) is 44.8 Å². The summed E-state index contributed by atoms with van der Waals surface area (Å²) < 4.78 is 20.1. The van der Waals surface area contributed by atoms with Crippen LogP contribution in [0.4, 0.5) is 4.39 Å². The summed E-state index contributed by atoms with van der Waals surface area (Å²) in [6.45, 7) is 7.42. The minimum Gasteiger partial charge on any atom is -0.465 e. The Kier molecular flexibility index (Phi) is 9.78. The first-order chi connectivity index (χ1) is 16.4. The first kappa shape index (κ1) is 25.6. The molecule has 1 heterocycles. The molecule has 0 amide bonds. The molecule has 9 heteroatoms. The Labute approximate surface area is 199 Å². The van der Waals surface area contributed by atoms with Gasteiger partial charge in [0.05, 0.1) is 19.1 Å². The van der Waals surface area contributed by atoms with Gasteiger partial charge in [-0.3, -0.25) is 4.79 Å². The highest BCUT2D eigenvalue weighted by Crippen LogP contribution is 2.26. The van der Waals surface area contributed by atoms with E-state index in [0.717, 1.165) is 51.3 Å². The Morgan fingerprint density at radius 2 is 1.65 bits per heavy atom. The third-order valence-electron chi connectivity index (χ3n) is 6.07. The maximum atomic E-state index is 14.6. The summed E-state index contributed by atoms with van der Waals surface area (Å²) in [5.74, 6) is -1.25. The molecule has 1 saturated heterocycles. The molecular weight excluding hydrogens is 441 g/mol. The number of esters is 1. The molecule has 0 aromatic heterocycles. The van der Waals surface area contributed by atoms with Crippen molar-refractivity contribution in [3.8, 4) is 11.1 Å². The number of hydrogen-bond donors (Lipinski definition) is 0. The Hall–Kier alpha value is -3.04. The number of piperazine rings is 1. The van der Waals surface area contributed by atoms with E-state index < -0.39 is 11.0 Å².